The van der Waals surface area contributed by atoms with Crippen molar-refractivity contribution in [1.82, 2.24) is 4.90 Å². The highest BCUT2D eigenvalue weighted by molar-refractivity contribution is 5.83. The molecule has 2 aliphatic heterocycles. The van der Waals surface area contributed by atoms with Crippen LogP contribution in [0.1, 0.15) is 20.3 Å². The maximum atomic E-state index is 12.3. The number of methoxy groups -OCH3 is 1. The molecular weight excluding hydrogens is 234 g/mol. The summed E-state index contributed by atoms with van der Waals surface area (Å²) in [5, 5.41) is 0. The van der Waals surface area contributed by atoms with E-state index in [1.165, 1.54) is 7.11 Å². The molecule has 5 nitrogen and oxygen atoms in total. The second-order valence-electron chi connectivity index (χ2n) is 5.41. The van der Waals surface area contributed by atoms with Crippen LogP contribution in [-0.2, 0) is 19.1 Å². The highest BCUT2D eigenvalue weighted by atomic mass is 16.5. The van der Waals surface area contributed by atoms with Gasteiger partial charge in [-0.1, -0.05) is 13.8 Å². The molecule has 102 valence electrons. The Bertz CT molecular complexity index is 344. The smallest absolute Gasteiger partial charge is 0.310 e. The molecule has 4 atom stereocenters. The van der Waals surface area contributed by atoms with Crippen molar-refractivity contribution in [2.24, 2.45) is 17.8 Å². The number of hydrogen-bond acceptors (Lipinski definition) is 4. The maximum Gasteiger partial charge on any atom is 0.310 e. The Balaban J connectivity index is 1.99. The average molecular weight is 255 g/mol. The number of amides is 1. The van der Waals surface area contributed by atoms with Crippen LogP contribution in [0.2, 0.25) is 0 Å². The lowest BCUT2D eigenvalue weighted by atomic mass is 9.99. The Labute approximate surface area is 107 Å². The second-order valence-corrected chi connectivity index (χ2v) is 5.41. The van der Waals surface area contributed by atoms with Gasteiger partial charge in [0.15, 0.2) is 0 Å². The lowest BCUT2D eigenvalue weighted by Crippen LogP contribution is -2.40. The van der Waals surface area contributed by atoms with E-state index in [2.05, 4.69) is 0 Å². The van der Waals surface area contributed by atoms with Gasteiger partial charge in [-0.05, 0) is 18.3 Å². The van der Waals surface area contributed by atoms with E-state index in [9.17, 15) is 9.59 Å². The first-order valence-electron chi connectivity index (χ1n) is 6.52. The zero-order chi connectivity index (χ0) is 13.3. The molecule has 2 heterocycles. The number of rotatable bonds is 2. The van der Waals surface area contributed by atoms with Crippen LogP contribution in [0.15, 0.2) is 0 Å². The van der Waals surface area contributed by atoms with E-state index in [-0.39, 0.29) is 35.7 Å². The molecule has 0 aromatic heterocycles. The number of ether oxygens (including phenoxy) is 2. The molecule has 18 heavy (non-hydrogen) atoms. The minimum Gasteiger partial charge on any atom is -0.469 e. The predicted octanol–water partition coefficient (Wildman–Crippen LogP) is 0.679. The van der Waals surface area contributed by atoms with Gasteiger partial charge in [0.25, 0.3) is 5.91 Å². The van der Waals surface area contributed by atoms with Crippen LogP contribution in [0.5, 0.6) is 0 Å². The van der Waals surface area contributed by atoms with Crippen LogP contribution >= 0.6 is 0 Å². The van der Waals surface area contributed by atoms with Crippen LogP contribution < -0.4 is 0 Å². The summed E-state index contributed by atoms with van der Waals surface area (Å²) in [7, 11) is 1.39. The summed E-state index contributed by atoms with van der Waals surface area (Å²) in [6, 6.07) is 0. The third kappa shape index (κ3) is 2.36. The molecular formula is C13H21NO4. The zero-order valence-corrected chi connectivity index (χ0v) is 11.2. The molecule has 2 saturated heterocycles. The minimum absolute atomic E-state index is 0.0262. The van der Waals surface area contributed by atoms with Gasteiger partial charge in [-0.2, -0.15) is 0 Å². The van der Waals surface area contributed by atoms with Gasteiger partial charge in [0, 0.05) is 19.7 Å². The summed E-state index contributed by atoms with van der Waals surface area (Å²) in [6.07, 6.45) is 0.605. The zero-order valence-electron chi connectivity index (χ0n) is 11.2. The van der Waals surface area contributed by atoms with E-state index >= 15 is 0 Å². The summed E-state index contributed by atoms with van der Waals surface area (Å²) in [6.45, 7) is 5.74. The number of esters is 1. The standard InChI is InChI=1S/C13H21NO4/c1-8-4-5-18-11(8)12(15)14-6-9(2)10(7-14)13(16)17-3/h8-11H,4-7H2,1-3H3. The van der Waals surface area contributed by atoms with Gasteiger partial charge in [0.1, 0.15) is 6.10 Å². The first-order valence-corrected chi connectivity index (χ1v) is 6.52. The van der Waals surface area contributed by atoms with E-state index < -0.39 is 0 Å². The van der Waals surface area contributed by atoms with Crippen molar-refractivity contribution < 1.29 is 19.1 Å². The Kier molecular flexibility index (Phi) is 3.90. The van der Waals surface area contributed by atoms with Gasteiger partial charge in [-0.15, -0.1) is 0 Å². The summed E-state index contributed by atoms with van der Waals surface area (Å²) in [5.74, 6) is 0.0233. The summed E-state index contributed by atoms with van der Waals surface area (Å²) >= 11 is 0. The molecule has 0 spiro atoms. The van der Waals surface area contributed by atoms with Crippen molar-refractivity contribution in [1.29, 1.82) is 0 Å². The molecule has 0 aromatic carbocycles. The third-order valence-corrected chi connectivity index (χ3v) is 4.06. The van der Waals surface area contributed by atoms with Crippen molar-refractivity contribution >= 4 is 11.9 Å². The third-order valence-electron chi connectivity index (χ3n) is 4.06. The molecule has 0 aromatic rings. The molecule has 5 heteroatoms. The minimum atomic E-state index is -0.325. The van der Waals surface area contributed by atoms with Crippen molar-refractivity contribution in [3.63, 3.8) is 0 Å². The summed E-state index contributed by atoms with van der Waals surface area (Å²) in [4.78, 5) is 25.6. The second kappa shape index (κ2) is 5.26. The van der Waals surface area contributed by atoms with E-state index in [4.69, 9.17) is 9.47 Å². The predicted molar refractivity (Wildman–Crippen MR) is 64.8 cm³/mol. The van der Waals surface area contributed by atoms with Crippen molar-refractivity contribution in [2.45, 2.75) is 26.4 Å². The van der Waals surface area contributed by atoms with Crippen LogP contribution in [0, 0.1) is 17.8 Å². The Morgan fingerprint density at radius 1 is 1.22 bits per heavy atom. The van der Waals surface area contributed by atoms with E-state index in [1.807, 2.05) is 13.8 Å². The summed E-state index contributed by atoms with van der Waals surface area (Å²) in [5.41, 5.74) is 0. The topological polar surface area (TPSA) is 55.8 Å². The van der Waals surface area contributed by atoms with Gasteiger partial charge < -0.3 is 14.4 Å². The molecule has 2 aliphatic rings. The van der Waals surface area contributed by atoms with Crippen LogP contribution in [-0.4, -0.2) is 49.7 Å². The fourth-order valence-electron chi connectivity index (χ4n) is 2.80. The Morgan fingerprint density at radius 2 is 1.94 bits per heavy atom. The normalized spacial score (nSPS) is 35.8. The lowest BCUT2D eigenvalue weighted by Gasteiger charge is -2.22. The molecule has 0 bridgehead atoms. The molecule has 2 fully saturated rings. The molecule has 0 N–H and O–H groups in total. The molecule has 4 unspecified atom stereocenters. The monoisotopic (exact) mass is 255 g/mol. The SMILES string of the molecule is COC(=O)C1CN(C(=O)C2OCCC2C)CC1C. The highest BCUT2D eigenvalue weighted by Crippen LogP contribution is 2.28. The number of carbonyl (C=O) groups is 2. The number of nitrogens with zero attached hydrogens (tertiary/aromatic N) is 1. The Hall–Kier alpha value is -1.10. The first kappa shape index (κ1) is 13.3. The molecule has 0 radical (unpaired) electrons. The van der Waals surface area contributed by atoms with E-state index in [0.29, 0.717) is 19.7 Å². The van der Waals surface area contributed by atoms with Crippen LogP contribution in [0.25, 0.3) is 0 Å². The van der Waals surface area contributed by atoms with Gasteiger partial charge in [0.05, 0.1) is 13.0 Å². The average Bonchev–Trinajstić information content (AvgIpc) is 2.93. The van der Waals surface area contributed by atoms with Gasteiger partial charge >= 0.3 is 5.97 Å². The molecule has 2 rings (SSSR count). The van der Waals surface area contributed by atoms with E-state index in [1.54, 1.807) is 4.90 Å². The number of hydrogen-bond donors (Lipinski definition) is 0. The van der Waals surface area contributed by atoms with Crippen molar-refractivity contribution in [3.05, 3.63) is 0 Å². The molecule has 1 amide bonds. The molecule has 0 saturated carbocycles. The highest BCUT2D eigenvalue weighted by Gasteiger charge is 2.42. The van der Waals surface area contributed by atoms with Crippen LogP contribution in [0.3, 0.4) is 0 Å². The van der Waals surface area contributed by atoms with Gasteiger partial charge in [0.2, 0.25) is 0 Å². The largest absolute Gasteiger partial charge is 0.469 e. The summed E-state index contributed by atoms with van der Waals surface area (Å²) < 4.78 is 10.3. The van der Waals surface area contributed by atoms with Gasteiger partial charge in [-0.25, -0.2) is 0 Å². The quantitative estimate of drug-likeness (QED) is 0.681. The fourth-order valence-corrected chi connectivity index (χ4v) is 2.80. The molecule has 0 aliphatic carbocycles. The van der Waals surface area contributed by atoms with Crippen molar-refractivity contribution in [3.8, 4) is 0 Å². The van der Waals surface area contributed by atoms with E-state index in [0.717, 1.165) is 6.42 Å². The fraction of sp³-hybridized carbons (Fsp3) is 0.846. The lowest BCUT2D eigenvalue weighted by molar-refractivity contribution is -0.146. The maximum absolute atomic E-state index is 12.3. The van der Waals surface area contributed by atoms with Crippen molar-refractivity contribution in [2.75, 3.05) is 26.8 Å². The number of likely N-dealkylation sites (tertiary alicyclic amines) is 1. The van der Waals surface area contributed by atoms with Gasteiger partial charge in [-0.3, -0.25) is 9.59 Å². The Morgan fingerprint density at radius 3 is 2.50 bits per heavy atom. The first-order chi connectivity index (χ1) is 8.54. The van der Waals surface area contributed by atoms with Crippen LogP contribution in [0.4, 0.5) is 0 Å². The number of carbonyl (C=O) groups excluding carboxylic acids is 2.